The van der Waals surface area contributed by atoms with Crippen LogP contribution in [0.15, 0.2) is 77.3 Å². The molecule has 0 saturated heterocycles. The lowest BCUT2D eigenvalue weighted by Crippen LogP contribution is -2.26. The van der Waals surface area contributed by atoms with Crippen molar-refractivity contribution in [1.29, 1.82) is 0 Å². The summed E-state index contributed by atoms with van der Waals surface area (Å²) < 4.78 is 6.69. The van der Waals surface area contributed by atoms with Gasteiger partial charge < -0.3 is 15.4 Å². The van der Waals surface area contributed by atoms with Crippen LogP contribution in [0.5, 0.6) is 5.75 Å². The number of anilines is 1. The number of hydrogen-bond donors (Lipinski definition) is 2. The van der Waals surface area contributed by atoms with Crippen molar-refractivity contribution in [3.8, 4) is 5.75 Å². The highest BCUT2D eigenvalue weighted by Crippen LogP contribution is 2.25. The van der Waals surface area contributed by atoms with Crippen LogP contribution >= 0.6 is 15.9 Å². The van der Waals surface area contributed by atoms with Gasteiger partial charge in [-0.15, -0.1) is 0 Å². The van der Waals surface area contributed by atoms with Crippen LogP contribution in [0.3, 0.4) is 0 Å². The molecule has 0 aliphatic rings. The number of halogens is 1. The predicted molar refractivity (Wildman–Crippen MR) is 140 cm³/mol. The zero-order chi connectivity index (χ0) is 24.3. The highest BCUT2D eigenvalue weighted by atomic mass is 79.9. The highest BCUT2D eigenvalue weighted by molar-refractivity contribution is 9.10. The van der Waals surface area contributed by atoms with E-state index < -0.39 is 0 Å². The normalized spacial score (nSPS) is 11.5. The second-order valence-corrected chi connectivity index (χ2v) is 9.11. The second-order valence-electron chi connectivity index (χ2n) is 8.19. The van der Waals surface area contributed by atoms with Gasteiger partial charge in [0.2, 0.25) is 0 Å². The number of ether oxygens (including phenoxy) is 1. The van der Waals surface area contributed by atoms with Crippen molar-refractivity contribution in [2.24, 2.45) is 0 Å². The fourth-order valence-corrected chi connectivity index (χ4v) is 3.92. The number of amides is 2. The van der Waals surface area contributed by atoms with Crippen molar-refractivity contribution >= 4 is 33.4 Å². The molecule has 0 aromatic heterocycles. The first-order valence-corrected chi connectivity index (χ1v) is 12.5. The van der Waals surface area contributed by atoms with E-state index in [4.69, 9.17) is 4.74 Å². The van der Waals surface area contributed by atoms with E-state index in [1.807, 2.05) is 43.3 Å². The zero-order valence-electron chi connectivity index (χ0n) is 19.6. The SMILES string of the molecule is CCCCCCOc1ccc(Br)cc1C(=O)Nc1cccc(C(=O)NC(C)c2ccccc2)c1. The van der Waals surface area contributed by atoms with Gasteiger partial charge >= 0.3 is 0 Å². The summed E-state index contributed by atoms with van der Waals surface area (Å²) in [6.45, 7) is 4.67. The Hall–Kier alpha value is -3.12. The van der Waals surface area contributed by atoms with Crippen LogP contribution in [0, 0.1) is 0 Å². The van der Waals surface area contributed by atoms with E-state index in [0.29, 0.717) is 29.2 Å². The molecule has 3 aromatic carbocycles. The maximum atomic E-state index is 13.1. The van der Waals surface area contributed by atoms with Crippen molar-refractivity contribution in [2.45, 2.75) is 45.6 Å². The fraction of sp³-hybridized carbons (Fsp3) is 0.286. The van der Waals surface area contributed by atoms with Gasteiger partial charge in [-0.1, -0.05) is 78.5 Å². The van der Waals surface area contributed by atoms with Gasteiger partial charge in [-0.3, -0.25) is 9.59 Å². The van der Waals surface area contributed by atoms with Gasteiger partial charge in [-0.2, -0.15) is 0 Å². The molecule has 5 nitrogen and oxygen atoms in total. The van der Waals surface area contributed by atoms with E-state index in [2.05, 4.69) is 33.5 Å². The molecule has 3 aromatic rings. The van der Waals surface area contributed by atoms with Crippen molar-refractivity contribution < 1.29 is 14.3 Å². The lowest BCUT2D eigenvalue weighted by molar-refractivity contribution is 0.0938. The molecule has 0 heterocycles. The summed E-state index contributed by atoms with van der Waals surface area (Å²) in [6, 6.07) is 22.0. The summed E-state index contributed by atoms with van der Waals surface area (Å²) in [5, 5.41) is 5.90. The topological polar surface area (TPSA) is 67.4 Å². The summed E-state index contributed by atoms with van der Waals surface area (Å²) in [6.07, 6.45) is 4.38. The average molecular weight is 523 g/mol. The Morgan fingerprint density at radius 1 is 0.912 bits per heavy atom. The van der Waals surface area contributed by atoms with E-state index >= 15 is 0 Å². The number of nitrogens with one attached hydrogen (secondary N) is 2. The molecule has 0 fully saturated rings. The smallest absolute Gasteiger partial charge is 0.259 e. The number of benzene rings is 3. The van der Waals surface area contributed by atoms with Crippen molar-refractivity contribution in [1.82, 2.24) is 5.32 Å². The van der Waals surface area contributed by atoms with Gasteiger partial charge in [0.1, 0.15) is 5.75 Å². The molecular weight excluding hydrogens is 492 g/mol. The van der Waals surface area contributed by atoms with Crippen LogP contribution < -0.4 is 15.4 Å². The molecule has 0 bridgehead atoms. The average Bonchev–Trinajstić information content (AvgIpc) is 2.85. The maximum Gasteiger partial charge on any atom is 0.259 e. The van der Waals surface area contributed by atoms with Crippen LogP contribution in [-0.4, -0.2) is 18.4 Å². The van der Waals surface area contributed by atoms with Crippen LogP contribution in [0.1, 0.15) is 71.9 Å². The van der Waals surface area contributed by atoms with Crippen molar-refractivity contribution in [3.63, 3.8) is 0 Å². The van der Waals surface area contributed by atoms with Gasteiger partial charge in [-0.25, -0.2) is 0 Å². The fourth-order valence-electron chi connectivity index (χ4n) is 3.56. The van der Waals surface area contributed by atoms with Gasteiger partial charge in [-0.05, 0) is 55.3 Å². The highest BCUT2D eigenvalue weighted by Gasteiger charge is 2.16. The van der Waals surface area contributed by atoms with Crippen molar-refractivity contribution in [2.75, 3.05) is 11.9 Å². The maximum absolute atomic E-state index is 13.1. The van der Waals surface area contributed by atoms with Crippen molar-refractivity contribution in [3.05, 3.63) is 94.0 Å². The first-order chi connectivity index (χ1) is 16.5. The van der Waals surface area contributed by atoms with Crippen LogP contribution in [0.2, 0.25) is 0 Å². The second kappa shape index (κ2) is 12.9. The quantitative estimate of drug-likeness (QED) is 0.262. The number of carbonyl (C=O) groups excluding carboxylic acids is 2. The molecule has 1 atom stereocenters. The lowest BCUT2D eigenvalue weighted by atomic mass is 10.1. The predicted octanol–water partition coefficient (Wildman–Crippen LogP) is 7.15. The largest absolute Gasteiger partial charge is 0.493 e. The number of hydrogen-bond acceptors (Lipinski definition) is 3. The van der Waals surface area contributed by atoms with Gasteiger partial charge in [0.05, 0.1) is 18.2 Å². The summed E-state index contributed by atoms with van der Waals surface area (Å²) in [7, 11) is 0. The third kappa shape index (κ3) is 7.45. The Morgan fingerprint density at radius 2 is 1.71 bits per heavy atom. The van der Waals surface area contributed by atoms with Gasteiger partial charge in [0, 0.05) is 15.7 Å². The summed E-state index contributed by atoms with van der Waals surface area (Å²) >= 11 is 3.44. The summed E-state index contributed by atoms with van der Waals surface area (Å²) in [4.78, 5) is 25.8. The summed E-state index contributed by atoms with van der Waals surface area (Å²) in [5.41, 5.74) is 2.48. The molecule has 2 N–H and O–H groups in total. The number of rotatable bonds is 11. The van der Waals surface area contributed by atoms with E-state index in [1.54, 1.807) is 36.4 Å². The van der Waals surface area contributed by atoms with E-state index in [-0.39, 0.29) is 17.9 Å². The minimum atomic E-state index is -0.292. The summed E-state index contributed by atoms with van der Waals surface area (Å²) in [5.74, 6) is 0.0499. The molecule has 6 heteroatoms. The first-order valence-electron chi connectivity index (χ1n) is 11.7. The Labute approximate surface area is 210 Å². The Balaban J connectivity index is 1.67. The monoisotopic (exact) mass is 522 g/mol. The number of carbonyl (C=O) groups is 2. The third-order valence-corrected chi connectivity index (χ3v) is 5.96. The molecule has 0 aliphatic heterocycles. The molecule has 178 valence electrons. The van der Waals surface area contributed by atoms with E-state index in [1.165, 1.54) is 6.42 Å². The first kappa shape index (κ1) is 25.5. The Bertz CT molecular complexity index is 1100. The molecule has 0 radical (unpaired) electrons. The molecule has 2 amide bonds. The van der Waals surface area contributed by atoms with Gasteiger partial charge in [0.15, 0.2) is 0 Å². The minimum absolute atomic E-state index is 0.134. The standard InChI is InChI=1S/C28H31BrN2O3/c1-3-4-5-9-17-34-26-16-15-23(29)19-25(26)28(33)31-24-14-10-13-22(18-24)27(32)30-20(2)21-11-7-6-8-12-21/h6-8,10-16,18-20H,3-5,9,17H2,1-2H3,(H,30,32)(H,31,33). The van der Waals surface area contributed by atoms with Crippen LogP contribution in [0.25, 0.3) is 0 Å². The third-order valence-electron chi connectivity index (χ3n) is 5.47. The molecule has 0 aliphatic carbocycles. The van der Waals surface area contributed by atoms with Crippen LogP contribution in [0.4, 0.5) is 5.69 Å². The molecule has 0 saturated carbocycles. The Morgan fingerprint density at radius 3 is 2.47 bits per heavy atom. The zero-order valence-corrected chi connectivity index (χ0v) is 21.2. The van der Waals surface area contributed by atoms with Crippen LogP contribution in [-0.2, 0) is 0 Å². The van der Waals surface area contributed by atoms with E-state index in [9.17, 15) is 9.59 Å². The molecular formula is C28H31BrN2O3. The molecule has 3 rings (SSSR count). The van der Waals surface area contributed by atoms with Gasteiger partial charge in [0.25, 0.3) is 11.8 Å². The molecule has 34 heavy (non-hydrogen) atoms. The molecule has 1 unspecified atom stereocenters. The van der Waals surface area contributed by atoms with E-state index in [0.717, 1.165) is 29.3 Å². The number of unbranched alkanes of at least 4 members (excludes halogenated alkanes) is 3. The lowest BCUT2D eigenvalue weighted by Gasteiger charge is -2.15. The Kier molecular flexibility index (Phi) is 9.71. The minimum Gasteiger partial charge on any atom is -0.493 e. The molecule has 0 spiro atoms.